The van der Waals surface area contributed by atoms with Crippen molar-refractivity contribution in [2.45, 2.75) is 12.3 Å². The molecule has 0 aliphatic rings. The molecule has 128 valence electrons. The van der Waals surface area contributed by atoms with E-state index in [2.05, 4.69) is 0 Å². The van der Waals surface area contributed by atoms with Crippen LogP contribution in [0, 0.1) is 5.82 Å². The Balaban J connectivity index is 2.56. The molecule has 2 N–H and O–H groups in total. The maximum Gasteiger partial charge on any atom is 0.418 e. The van der Waals surface area contributed by atoms with E-state index in [0.29, 0.717) is 0 Å². The molecule has 0 aromatic heterocycles. The molecule has 0 fully saturated rings. The fourth-order valence-electron chi connectivity index (χ4n) is 2.17. The third-order valence-electron chi connectivity index (χ3n) is 3.36. The van der Waals surface area contributed by atoms with Crippen molar-refractivity contribution in [3.05, 3.63) is 53.3 Å². The van der Waals surface area contributed by atoms with Crippen LogP contribution in [0.15, 0.2) is 36.4 Å². The lowest BCUT2D eigenvalue weighted by atomic mass is 9.98. The Morgan fingerprint density at radius 2 is 1.83 bits per heavy atom. The van der Waals surface area contributed by atoms with Crippen LogP contribution in [-0.2, 0) is 0 Å². The average Bonchev–Trinajstić information content (AvgIpc) is 2.53. The third kappa shape index (κ3) is 3.48. The van der Waals surface area contributed by atoms with Gasteiger partial charge in [0.2, 0.25) is 0 Å². The maximum absolute atomic E-state index is 14.0. The molecule has 0 aliphatic heterocycles. The molecular formula is C16H12F4O4. The number of benzene rings is 2. The minimum atomic E-state index is -4.90. The quantitative estimate of drug-likeness (QED) is 0.828. The van der Waals surface area contributed by atoms with E-state index in [1.807, 2.05) is 0 Å². The summed E-state index contributed by atoms with van der Waals surface area (Å²) in [7, 11) is 1.25. The fraction of sp³-hybridized carbons (Fsp3) is 0.188. The second kappa shape index (κ2) is 6.48. The molecule has 1 unspecified atom stereocenters. The minimum absolute atomic E-state index is 0.0261. The van der Waals surface area contributed by atoms with Crippen LogP contribution in [0.4, 0.5) is 17.6 Å². The number of alkyl halides is 3. The van der Waals surface area contributed by atoms with E-state index in [1.165, 1.54) is 19.2 Å². The summed E-state index contributed by atoms with van der Waals surface area (Å²) in [5.74, 6) is -2.16. The number of aliphatic hydroxyl groups excluding tert-OH is 1. The van der Waals surface area contributed by atoms with E-state index >= 15 is 0 Å². The number of ether oxygens (including phenoxy) is 1. The summed E-state index contributed by atoms with van der Waals surface area (Å²) in [5, 5.41) is 18.4. The van der Waals surface area contributed by atoms with Gasteiger partial charge in [0, 0.05) is 5.56 Å². The van der Waals surface area contributed by atoms with Crippen molar-refractivity contribution in [1.82, 2.24) is 0 Å². The third-order valence-corrected chi connectivity index (χ3v) is 3.36. The van der Waals surface area contributed by atoms with E-state index in [1.54, 1.807) is 0 Å². The zero-order valence-electron chi connectivity index (χ0n) is 12.3. The molecule has 0 spiro atoms. The number of aromatic carboxylic acids is 1. The molecule has 0 aliphatic carbocycles. The molecule has 2 rings (SSSR count). The summed E-state index contributed by atoms with van der Waals surface area (Å²) >= 11 is 0. The fourth-order valence-corrected chi connectivity index (χ4v) is 2.17. The largest absolute Gasteiger partial charge is 0.496 e. The molecule has 0 bridgehead atoms. The van der Waals surface area contributed by atoms with E-state index in [4.69, 9.17) is 9.84 Å². The van der Waals surface area contributed by atoms with Gasteiger partial charge in [-0.05, 0) is 35.4 Å². The minimum Gasteiger partial charge on any atom is -0.496 e. The van der Waals surface area contributed by atoms with Crippen molar-refractivity contribution in [1.29, 1.82) is 0 Å². The van der Waals surface area contributed by atoms with Gasteiger partial charge < -0.3 is 14.9 Å². The van der Waals surface area contributed by atoms with E-state index in [9.17, 15) is 27.5 Å². The molecule has 4 nitrogen and oxygen atoms in total. The van der Waals surface area contributed by atoms with Gasteiger partial charge >= 0.3 is 12.1 Å². The SMILES string of the molecule is COc1ccc(-c2cc(C(O)C(F)(F)F)ccc2F)cc1C(=O)O. The van der Waals surface area contributed by atoms with Crippen molar-refractivity contribution >= 4 is 5.97 Å². The lowest BCUT2D eigenvalue weighted by Gasteiger charge is -2.16. The van der Waals surface area contributed by atoms with Crippen LogP contribution in [0.3, 0.4) is 0 Å². The van der Waals surface area contributed by atoms with Gasteiger partial charge in [-0.25, -0.2) is 9.18 Å². The van der Waals surface area contributed by atoms with E-state index < -0.39 is 29.6 Å². The Morgan fingerprint density at radius 3 is 2.38 bits per heavy atom. The molecule has 2 aromatic carbocycles. The Bertz CT molecular complexity index is 771. The summed E-state index contributed by atoms with van der Waals surface area (Å²) in [6.07, 6.45) is -7.67. The number of rotatable bonds is 4. The summed E-state index contributed by atoms with van der Waals surface area (Å²) in [4.78, 5) is 11.2. The van der Waals surface area contributed by atoms with Crippen LogP contribution in [0.1, 0.15) is 22.0 Å². The van der Waals surface area contributed by atoms with Gasteiger partial charge in [0.15, 0.2) is 6.10 Å². The van der Waals surface area contributed by atoms with Crippen molar-refractivity contribution in [3.8, 4) is 16.9 Å². The van der Waals surface area contributed by atoms with Gasteiger partial charge in [0.1, 0.15) is 17.1 Å². The number of methoxy groups -OCH3 is 1. The molecule has 0 amide bonds. The van der Waals surface area contributed by atoms with Gasteiger partial charge in [-0.1, -0.05) is 12.1 Å². The standard InChI is InChI=1S/C16H12F4O4/c1-24-13-5-3-8(6-11(13)15(22)23)10-7-9(2-4-12(10)17)14(21)16(18,19)20/h2-7,14,21H,1H3,(H,22,23). The monoisotopic (exact) mass is 344 g/mol. The first kappa shape index (κ1) is 17.7. The number of halogens is 4. The maximum atomic E-state index is 14.0. The van der Waals surface area contributed by atoms with Crippen LogP contribution in [0.25, 0.3) is 11.1 Å². The molecule has 2 aromatic rings. The van der Waals surface area contributed by atoms with E-state index in [0.717, 1.165) is 24.3 Å². The van der Waals surface area contributed by atoms with Gasteiger partial charge in [0.25, 0.3) is 0 Å². The van der Waals surface area contributed by atoms with Crippen molar-refractivity contribution < 1.29 is 37.3 Å². The highest BCUT2D eigenvalue weighted by Crippen LogP contribution is 2.36. The Kier molecular flexibility index (Phi) is 4.79. The number of hydrogen-bond donors (Lipinski definition) is 2. The van der Waals surface area contributed by atoms with Crippen molar-refractivity contribution in [2.24, 2.45) is 0 Å². The first-order valence-corrected chi connectivity index (χ1v) is 6.61. The topological polar surface area (TPSA) is 66.8 Å². The van der Waals surface area contributed by atoms with Gasteiger partial charge in [-0.2, -0.15) is 13.2 Å². The molecule has 0 saturated heterocycles. The second-order valence-corrected chi connectivity index (χ2v) is 4.90. The summed E-state index contributed by atoms with van der Waals surface area (Å²) in [6, 6.07) is 6.10. The van der Waals surface area contributed by atoms with Crippen LogP contribution < -0.4 is 4.74 Å². The molecule has 0 saturated carbocycles. The van der Waals surface area contributed by atoms with Gasteiger partial charge in [-0.3, -0.25) is 0 Å². The summed E-state index contributed by atoms with van der Waals surface area (Å²) in [5.41, 5.74) is -1.04. The van der Waals surface area contributed by atoms with Crippen LogP contribution in [0.2, 0.25) is 0 Å². The number of carboxylic acid groups (broad SMARTS) is 1. The van der Waals surface area contributed by atoms with Gasteiger partial charge in [-0.15, -0.1) is 0 Å². The molecule has 24 heavy (non-hydrogen) atoms. The molecule has 0 radical (unpaired) electrons. The van der Waals surface area contributed by atoms with Crippen molar-refractivity contribution in [3.63, 3.8) is 0 Å². The van der Waals surface area contributed by atoms with Crippen LogP contribution in [-0.4, -0.2) is 29.5 Å². The number of hydrogen-bond acceptors (Lipinski definition) is 3. The highest BCUT2D eigenvalue weighted by atomic mass is 19.4. The summed E-state index contributed by atoms with van der Waals surface area (Å²) in [6.45, 7) is 0. The van der Waals surface area contributed by atoms with E-state index in [-0.39, 0.29) is 22.4 Å². The second-order valence-electron chi connectivity index (χ2n) is 4.90. The molecule has 8 heteroatoms. The Hall–Kier alpha value is -2.61. The van der Waals surface area contributed by atoms with Crippen molar-refractivity contribution in [2.75, 3.05) is 7.11 Å². The molecule has 0 heterocycles. The Labute approximate surface area is 133 Å². The number of aliphatic hydroxyl groups is 1. The van der Waals surface area contributed by atoms with Crippen LogP contribution in [0.5, 0.6) is 5.75 Å². The zero-order chi connectivity index (χ0) is 18.1. The lowest BCUT2D eigenvalue weighted by molar-refractivity contribution is -0.206. The van der Waals surface area contributed by atoms with Gasteiger partial charge in [0.05, 0.1) is 7.11 Å². The number of carbonyl (C=O) groups is 1. The lowest BCUT2D eigenvalue weighted by Crippen LogP contribution is -2.20. The molecular weight excluding hydrogens is 332 g/mol. The highest BCUT2D eigenvalue weighted by Gasteiger charge is 2.39. The van der Waals surface area contributed by atoms with Crippen LogP contribution >= 0.6 is 0 Å². The Morgan fingerprint density at radius 1 is 1.17 bits per heavy atom. The highest BCUT2D eigenvalue weighted by molar-refractivity contribution is 5.92. The molecule has 1 atom stereocenters. The first-order valence-electron chi connectivity index (χ1n) is 6.61. The summed E-state index contributed by atoms with van der Waals surface area (Å²) < 4.78 is 56.7. The smallest absolute Gasteiger partial charge is 0.418 e. The normalized spacial score (nSPS) is 12.8. The first-order chi connectivity index (χ1) is 11.1. The number of carboxylic acids is 1. The predicted molar refractivity (Wildman–Crippen MR) is 76.4 cm³/mol. The average molecular weight is 344 g/mol. The predicted octanol–water partition coefficient (Wildman–Crippen LogP) is 3.80. The zero-order valence-corrected chi connectivity index (χ0v) is 12.3.